The zero-order chi connectivity index (χ0) is 24.3. The van der Waals surface area contributed by atoms with Crippen molar-refractivity contribution in [2.45, 2.75) is 27.7 Å². The first kappa shape index (κ1) is 23.9. The summed E-state index contributed by atoms with van der Waals surface area (Å²) in [5.41, 5.74) is 0. The monoisotopic (exact) mass is 474 g/mol. The van der Waals surface area contributed by atoms with Crippen molar-refractivity contribution < 1.29 is 0 Å². The highest BCUT2D eigenvalue weighted by atomic mass is 28.3. The fraction of sp³-hybridized carbons (Fsp3) is 0.125. The van der Waals surface area contributed by atoms with Crippen LogP contribution in [0, 0.1) is 0 Å². The van der Waals surface area contributed by atoms with Gasteiger partial charge in [0.15, 0.2) is 16.1 Å². The van der Waals surface area contributed by atoms with Crippen LogP contribution in [0.15, 0.2) is 143 Å². The molecule has 34 heavy (non-hydrogen) atoms. The largest absolute Gasteiger partial charge is 0.174 e. The van der Waals surface area contributed by atoms with Gasteiger partial charge in [-0.1, -0.05) is 143 Å². The summed E-state index contributed by atoms with van der Waals surface area (Å²) < 4.78 is 0. The Morgan fingerprint density at radius 1 is 0.706 bits per heavy atom. The van der Waals surface area contributed by atoms with Gasteiger partial charge in [0.2, 0.25) is 0 Å². The fourth-order valence-corrected chi connectivity index (χ4v) is 18.4. The third-order valence-electron chi connectivity index (χ3n) is 7.65. The van der Waals surface area contributed by atoms with E-state index in [-0.39, 0.29) is 0 Å². The van der Waals surface area contributed by atoms with E-state index in [4.69, 9.17) is 6.58 Å². The summed E-state index contributed by atoms with van der Waals surface area (Å²) in [5, 5.41) is 11.5. The molecule has 2 unspecified atom stereocenters. The molecule has 3 aromatic rings. The molecule has 0 amide bonds. The van der Waals surface area contributed by atoms with Gasteiger partial charge in [-0.05, 0) is 48.4 Å². The molecule has 0 nitrogen and oxygen atoms in total. The number of fused-ring (bicyclic) bond motifs is 1. The van der Waals surface area contributed by atoms with Gasteiger partial charge >= 0.3 is 0 Å². The van der Waals surface area contributed by atoms with E-state index >= 15 is 0 Å². The predicted octanol–water partition coefficient (Wildman–Crippen LogP) is 5.58. The lowest BCUT2D eigenvalue weighted by Crippen LogP contribution is -2.77. The normalized spacial score (nSPS) is 22.5. The molecule has 0 bridgehead atoms. The first-order valence-electron chi connectivity index (χ1n) is 12.0. The molecule has 1 aliphatic rings. The Morgan fingerprint density at radius 2 is 1.15 bits per heavy atom. The van der Waals surface area contributed by atoms with Gasteiger partial charge in [-0.2, -0.15) is 0 Å². The van der Waals surface area contributed by atoms with Crippen molar-refractivity contribution in [3.8, 4) is 0 Å². The van der Waals surface area contributed by atoms with E-state index in [1.807, 2.05) is 6.08 Å². The van der Waals surface area contributed by atoms with Crippen molar-refractivity contribution in [1.29, 1.82) is 0 Å². The van der Waals surface area contributed by atoms with Crippen LogP contribution in [0.2, 0.25) is 0 Å². The van der Waals surface area contributed by atoms with Crippen molar-refractivity contribution in [2.75, 3.05) is 0 Å². The zero-order valence-electron chi connectivity index (χ0n) is 20.8. The Hall–Kier alpha value is -3.21. The molecule has 0 N–H and O–H groups in total. The molecule has 0 saturated heterocycles. The van der Waals surface area contributed by atoms with Gasteiger partial charge in [-0.25, -0.2) is 0 Å². The predicted molar refractivity (Wildman–Crippen MR) is 156 cm³/mol. The summed E-state index contributed by atoms with van der Waals surface area (Å²) in [6.07, 6.45) is 8.58. The highest BCUT2D eigenvalue weighted by Crippen LogP contribution is 2.36. The summed E-state index contributed by atoms with van der Waals surface area (Å²) in [6, 6.07) is 31.5. The minimum atomic E-state index is -2.48. The summed E-state index contributed by atoms with van der Waals surface area (Å²) in [7, 11) is -4.90. The Labute approximate surface area is 207 Å². The van der Waals surface area contributed by atoms with E-state index in [2.05, 4.69) is 137 Å². The molecule has 2 heteroatoms. The third-order valence-corrected chi connectivity index (χ3v) is 18.5. The first-order chi connectivity index (χ1) is 16.5. The highest BCUT2D eigenvalue weighted by molar-refractivity contribution is 7.23. The molecule has 0 aliphatic carbocycles. The lowest BCUT2D eigenvalue weighted by atomic mass is 10.3. The van der Waals surface area contributed by atoms with Gasteiger partial charge in [0.1, 0.15) is 0 Å². The second-order valence-corrected chi connectivity index (χ2v) is 17.3. The average molecular weight is 475 g/mol. The molecule has 0 aromatic heterocycles. The molecule has 3 aromatic carbocycles. The maximum Gasteiger partial charge on any atom is 0.174 e. The minimum absolute atomic E-state index is 1.24. The van der Waals surface area contributed by atoms with E-state index in [0.29, 0.717) is 0 Å². The fourth-order valence-electron chi connectivity index (χ4n) is 6.19. The Morgan fingerprint density at radius 3 is 1.65 bits per heavy atom. The molecule has 2 atom stereocenters. The molecular weight excluding hydrogens is 441 g/mol. The van der Waals surface area contributed by atoms with Gasteiger partial charge < -0.3 is 0 Å². The molecule has 4 rings (SSSR count). The lowest BCUT2D eigenvalue weighted by molar-refractivity contribution is 1.41. The average Bonchev–Trinajstić information content (AvgIpc) is 2.87. The van der Waals surface area contributed by atoms with Crippen LogP contribution in [-0.4, -0.2) is 16.1 Å². The van der Waals surface area contributed by atoms with Gasteiger partial charge in [-0.15, -0.1) is 0 Å². The van der Waals surface area contributed by atoms with Gasteiger partial charge in [0, 0.05) is 0 Å². The molecule has 1 aliphatic heterocycles. The van der Waals surface area contributed by atoms with Crippen molar-refractivity contribution in [3.05, 3.63) is 143 Å². The van der Waals surface area contributed by atoms with Crippen molar-refractivity contribution in [3.63, 3.8) is 0 Å². The lowest BCUT2D eigenvalue weighted by Gasteiger charge is -2.49. The van der Waals surface area contributed by atoms with Crippen LogP contribution in [0.4, 0.5) is 0 Å². The third kappa shape index (κ3) is 3.32. The van der Waals surface area contributed by atoms with Crippen LogP contribution in [-0.2, 0) is 0 Å². The number of hydrogen-bond donors (Lipinski definition) is 0. The molecule has 170 valence electrons. The van der Waals surface area contributed by atoms with Crippen LogP contribution in [0.5, 0.6) is 0 Å². The summed E-state index contributed by atoms with van der Waals surface area (Å²) in [5.74, 6) is 0. The Bertz CT molecular complexity index is 1310. The maximum atomic E-state index is 4.73. The molecule has 0 spiro atoms. The minimum Gasteiger partial charge on any atom is -0.0991 e. The maximum absolute atomic E-state index is 4.73. The molecule has 0 fully saturated rings. The van der Waals surface area contributed by atoms with Gasteiger partial charge in [-0.3, -0.25) is 0 Å². The number of allylic oxidation sites excluding steroid dienone is 8. The van der Waals surface area contributed by atoms with E-state index < -0.39 is 16.1 Å². The van der Waals surface area contributed by atoms with Crippen LogP contribution < -0.4 is 20.7 Å². The standard InChI is InChI=1S/C32H34Si2/c1-7-17-25(3)33(29-19-11-9-12-20-29)27(5)28(6)34(26(4)18-8-2,30-21-13-10-14-22-30)32-24-16-15-23-31(32)33/h7-24H,1,4H2,2-3,5-6H3. The van der Waals surface area contributed by atoms with Crippen molar-refractivity contribution in [1.82, 2.24) is 0 Å². The highest BCUT2D eigenvalue weighted by Gasteiger charge is 2.54. The second-order valence-electron chi connectivity index (χ2n) is 9.14. The van der Waals surface area contributed by atoms with E-state index in [9.17, 15) is 0 Å². The topological polar surface area (TPSA) is 0 Å². The number of hydrogen-bond acceptors (Lipinski definition) is 0. The van der Waals surface area contributed by atoms with Crippen LogP contribution in [0.25, 0.3) is 0 Å². The van der Waals surface area contributed by atoms with Crippen LogP contribution in [0.1, 0.15) is 27.7 Å². The molecule has 0 saturated carbocycles. The van der Waals surface area contributed by atoms with Gasteiger partial charge in [0.05, 0.1) is 0 Å². The Kier molecular flexibility index (Phi) is 6.74. The SMILES string of the molecule is C=CC=C(C)[Si]1(c2ccccc2)C(C)=C(C)[Si](C(=C)C=CC)(c2ccccc2)c2ccccc21. The molecule has 0 radical (unpaired) electrons. The summed E-state index contributed by atoms with van der Waals surface area (Å²) >= 11 is 0. The number of benzene rings is 3. The zero-order valence-corrected chi connectivity index (χ0v) is 22.8. The van der Waals surface area contributed by atoms with E-state index in [1.54, 1.807) is 0 Å². The van der Waals surface area contributed by atoms with Crippen LogP contribution in [0.3, 0.4) is 0 Å². The Balaban J connectivity index is 2.26. The second kappa shape index (κ2) is 9.57. The van der Waals surface area contributed by atoms with Crippen molar-refractivity contribution >= 4 is 36.9 Å². The van der Waals surface area contributed by atoms with Crippen molar-refractivity contribution in [2.24, 2.45) is 0 Å². The van der Waals surface area contributed by atoms with Crippen LogP contribution >= 0.6 is 0 Å². The molecule has 1 heterocycles. The molecular formula is C32H34Si2. The summed E-state index contributed by atoms with van der Waals surface area (Å²) in [4.78, 5) is 0. The smallest absolute Gasteiger partial charge is 0.0991 e. The first-order valence-corrected chi connectivity index (χ1v) is 16.0. The van der Waals surface area contributed by atoms with Gasteiger partial charge in [0.25, 0.3) is 0 Å². The van der Waals surface area contributed by atoms with E-state index in [1.165, 1.54) is 41.5 Å². The quantitative estimate of drug-likeness (QED) is 0.323. The number of rotatable bonds is 6. The summed E-state index contributed by atoms with van der Waals surface area (Å²) in [6.45, 7) is 18.0. The van der Waals surface area contributed by atoms with E-state index in [0.717, 1.165) is 0 Å².